The van der Waals surface area contributed by atoms with Gasteiger partial charge in [0.1, 0.15) is 17.3 Å². The highest BCUT2D eigenvalue weighted by Crippen LogP contribution is 2.30. The summed E-state index contributed by atoms with van der Waals surface area (Å²) in [5.74, 6) is 0.311. The molecule has 2 aromatic carbocycles. The van der Waals surface area contributed by atoms with Gasteiger partial charge in [0.25, 0.3) is 0 Å². The number of Topliss-reactive ketones (excluding diaryl/α,β-unsaturated/α-hetero) is 1. The van der Waals surface area contributed by atoms with E-state index in [9.17, 15) is 9.18 Å². The predicted octanol–water partition coefficient (Wildman–Crippen LogP) is 4.89. The molecule has 4 heteroatoms. The molecule has 0 radical (unpaired) electrons. The minimum absolute atomic E-state index is 0.232. The van der Waals surface area contributed by atoms with Crippen LogP contribution in [0.25, 0.3) is 0 Å². The largest absolute Gasteiger partial charge is 0.456 e. The molecule has 0 spiro atoms. The summed E-state index contributed by atoms with van der Waals surface area (Å²) < 4.78 is 19.8. The molecule has 0 fully saturated rings. The Kier molecular flexibility index (Phi) is 4.00. The lowest BCUT2D eigenvalue weighted by atomic mass is 10.1. The van der Waals surface area contributed by atoms with E-state index in [1.165, 1.54) is 25.1 Å². The van der Waals surface area contributed by atoms with Crippen molar-refractivity contribution in [3.05, 3.63) is 57.8 Å². The highest BCUT2D eigenvalue weighted by Gasteiger charge is 2.12. The second kappa shape index (κ2) is 5.53. The van der Waals surface area contributed by atoms with Gasteiger partial charge in [-0.2, -0.15) is 0 Å². The fraction of sp³-hybridized carbons (Fsp3) is 0.133. The van der Waals surface area contributed by atoms with Gasteiger partial charge in [-0.05, 0) is 55.8 Å². The lowest BCUT2D eigenvalue weighted by molar-refractivity contribution is 0.101. The van der Waals surface area contributed by atoms with E-state index in [0.717, 1.165) is 10.0 Å². The average Bonchev–Trinajstić information content (AvgIpc) is 2.34. The molecule has 0 saturated carbocycles. The normalized spacial score (nSPS) is 10.3. The number of aryl methyl sites for hydroxylation is 1. The Hall–Kier alpha value is -1.68. The monoisotopic (exact) mass is 322 g/mol. The van der Waals surface area contributed by atoms with E-state index in [-0.39, 0.29) is 11.3 Å². The Morgan fingerprint density at radius 1 is 1.16 bits per heavy atom. The van der Waals surface area contributed by atoms with Crippen molar-refractivity contribution in [2.45, 2.75) is 13.8 Å². The van der Waals surface area contributed by atoms with Crippen LogP contribution in [-0.4, -0.2) is 5.78 Å². The Bertz CT molecular complexity index is 638. The maximum absolute atomic E-state index is 13.2. The van der Waals surface area contributed by atoms with Crippen molar-refractivity contribution in [2.24, 2.45) is 0 Å². The van der Waals surface area contributed by atoms with Crippen molar-refractivity contribution in [1.29, 1.82) is 0 Å². The first-order valence-electron chi connectivity index (χ1n) is 5.72. The van der Waals surface area contributed by atoms with Crippen LogP contribution in [0.3, 0.4) is 0 Å². The highest BCUT2D eigenvalue weighted by molar-refractivity contribution is 9.10. The van der Waals surface area contributed by atoms with Crippen LogP contribution in [-0.2, 0) is 0 Å². The van der Waals surface area contributed by atoms with E-state index in [1.807, 2.05) is 19.1 Å². The van der Waals surface area contributed by atoms with Crippen molar-refractivity contribution < 1.29 is 13.9 Å². The minimum Gasteiger partial charge on any atom is -0.456 e. The molecule has 0 saturated heterocycles. The number of halogens is 2. The number of carbonyl (C=O) groups excluding carboxylic acids is 1. The number of benzene rings is 2. The fourth-order valence-corrected chi connectivity index (χ4v) is 2.19. The molecule has 0 aromatic heterocycles. The Balaban J connectivity index is 2.40. The van der Waals surface area contributed by atoms with E-state index in [0.29, 0.717) is 11.5 Å². The average molecular weight is 323 g/mol. The van der Waals surface area contributed by atoms with Crippen molar-refractivity contribution in [2.75, 3.05) is 0 Å². The van der Waals surface area contributed by atoms with Crippen LogP contribution in [0.1, 0.15) is 22.8 Å². The zero-order valence-corrected chi connectivity index (χ0v) is 12.1. The number of hydrogen-bond acceptors (Lipinski definition) is 2. The summed E-state index contributed by atoms with van der Waals surface area (Å²) in [6.07, 6.45) is 0. The Morgan fingerprint density at radius 3 is 2.47 bits per heavy atom. The van der Waals surface area contributed by atoms with Crippen molar-refractivity contribution in [1.82, 2.24) is 0 Å². The lowest BCUT2D eigenvalue weighted by Crippen LogP contribution is -1.98. The van der Waals surface area contributed by atoms with Gasteiger partial charge in [0, 0.05) is 4.47 Å². The first-order valence-corrected chi connectivity index (χ1v) is 6.51. The molecule has 0 N–H and O–H groups in total. The lowest BCUT2D eigenvalue weighted by Gasteiger charge is -2.11. The maximum Gasteiger partial charge on any atom is 0.163 e. The molecule has 0 aliphatic heterocycles. The molecule has 98 valence electrons. The van der Waals surface area contributed by atoms with Gasteiger partial charge in [0.2, 0.25) is 0 Å². The van der Waals surface area contributed by atoms with Gasteiger partial charge in [0.05, 0.1) is 5.56 Å². The van der Waals surface area contributed by atoms with Gasteiger partial charge < -0.3 is 4.74 Å². The standard InChI is InChI=1S/C15H12BrFO2/c1-9-7-11(16)3-5-14(9)19-15-6-4-12(17)8-13(15)10(2)18/h3-8H,1-2H3. The summed E-state index contributed by atoms with van der Waals surface area (Å²) in [5.41, 5.74) is 1.16. The molecule has 2 rings (SSSR count). The molecule has 2 aromatic rings. The molecule has 0 amide bonds. The number of hydrogen-bond donors (Lipinski definition) is 0. The number of ketones is 1. The molecule has 0 atom stereocenters. The van der Waals surface area contributed by atoms with Crippen LogP contribution in [0.15, 0.2) is 40.9 Å². The Morgan fingerprint density at radius 2 is 1.84 bits per heavy atom. The van der Waals surface area contributed by atoms with Gasteiger partial charge in [-0.1, -0.05) is 15.9 Å². The quantitative estimate of drug-likeness (QED) is 0.752. The number of ether oxygens (including phenoxy) is 1. The molecule has 19 heavy (non-hydrogen) atoms. The zero-order chi connectivity index (χ0) is 14.0. The van der Waals surface area contributed by atoms with Gasteiger partial charge in [0.15, 0.2) is 5.78 Å². The van der Waals surface area contributed by atoms with Gasteiger partial charge in [-0.3, -0.25) is 4.79 Å². The summed E-state index contributed by atoms with van der Waals surface area (Å²) in [6, 6.07) is 9.48. The van der Waals surface area contributed by atoms with Crippen molar-refractivity contribution in [3.8, 4) is 11.5 Å². The summed E-state index contributed by atoms with van der Waals surface area (Å²) in [6.45, 7) is 3.28. The summed E-state index contributed by atoms with van der Waals surface area (Å²) >= 11 is 3.37. The molecular weight excluding hydrogens is 311 g/mol. The molecule has 0 bridgehead atoms. The van der Waals surface area contributed by atoms with Gasteiger partial charge >= 0.3 is 0 Å². The van der Waals surface area contributed by atoms with Crippen LogP contribution in [0.5, 0.6) is 11.5 Å². The first-order chi connectivity index (χ1) is 8.97. The minimum atomic E-state index is -0.454. The second-order valence-electron chi connectivity index (χ2n) is 4.21. The van der Waals surface area contributed by atoms with Gasteiger partial charge in [-0.25, -0.2) is 4.39 Å². The smallest absolute Gasteiger partial charge is 0.163 e. The summed E-state index contributed by atoms with van der Waals surface area (Å²) in [5, 5.41) is 0. The number of rotatable bonds is 3. The summed E-state index contributed by atoms with van der Waals surface area (Å²) in [7, 11) is 0. The molecule has 0 unspecified atom stereocenters. The molecule has 0 aliphatic rings. The third-order valence-corrected chi connectivity index (χ3v) is 3.17. The van der Waals surface area contributed by atoms with E-state index >= 15 is 0 Å². The predicted molar refractivity (Wildman–Crippen MR) is 75.4 cm³/mol. The maximum atomic E-state index is 13.2. The first kappa shape index (κ1) is 13.7. The summed E-state index contributed by atoms with van der Waals surface area (Å²) in [4.78, 5) is 11.5. The third-order valence-electron chi connectivity index (χ3n) is 2.68. The SMILES string of the molecule is CC(=O)c1cc(F)ccc1Oc1ccc(Br)cc1C. The second-order valence-corrected chi connectivity index (χ2v) is 5.12. The Labute approximate surface area is 119 Å². The molecule has 2 nitrogen and oxygen atoms in total. The number of carbonyl (C=O) groups is 1. The topological polar surface area (TPSA) is 26.3 Å². The van der Waals surface area contributed by atoms with E-state index in [4.69, 9.17) is 4.74 Å². The van der Waals surface area contributed by atoms with Crippen LogP contribution in [0.4, 0.5) is 4.39 Å². The van der Waals surface area contributed by atoms with Crippen LogP contribution in [0, 0.1) is 12.7 Å². The van der Waals surface area contributed by atoms with Crippen LogP contribution >= 0.6 is 15.9 Å². The molecule has 0 aliphatic carbocycles. The van der Waals surface area contributed by atoms with Crippen LogP contribution in [0.2, 0.25) is 0 Å². The van der Waals surface area contributed by atoms with Crippen molar-refractivity contribution in [3.63, 3.8) is 0 Å². The zero-order valence-electron chi connectivity index (χ0n) is 10.5. The van der Waals surface area contributed by atoms with E-state index < -0.39 is 5.82 Å². The van der Waals surface area contributed by atoms with Crippen LogP contribution < -0.4 is 4.74 Å². The van der Waals surface area contributed by atoms with E-state index in [1.54, 1.807) is 6.07 Å². The fourth-order valence-electron chi connectivity index (χ4n) is 1.71. The van der Waals surface area contributed by atoms with Gasteiger partial charge in [-0.15, -0.1) is 0 Å². The molecule has 0 heterocycles. The molecular formula is C15H12BrFO2. The van der Waals surface area contributed by atoms with E-state index in [2.05, 4.69) is 15.9 Å². The van der Waals surface area contributed by atoms with Crippen molar-refractivity contribution >= 4 is 21.7 Å². The highest BCUT2D eigenvalue weighted by atomic mass is 79.9. The third kappa shape index (κ3) is 3.20.